The van der Waals surface area contributed by atoms with Crippen LogP contribution in [0.25, 0.3) is 11.0 Å². The van der Waals surface area contributed by atoms with Crippen LogP contribution in [0.1, 0.15) is 0 Å². The number of rotatable bonds is 1. The van der Waals surface area contributed by atoms with E-state index in [1.165, 1.54) is 7.11 Å². The Balaban J connectivity index is 2.81. The van der Waals surface area contributed by atoms with E-state index in [0.29, 0.717) is 26.1 Å². The third-order valence-corrected chi connectivity index (χ3v) is 2.50. The lowest BCUT2D eigenvalue weighted by Crippen LogP contribution is -2.33. The molecular weight excluding hydrogens is 264 g/mol. The van der Waals surface area contributed by atoms with Crippen molar-refractivity contribution in [1.82, 2.24) is 10.1 Å². The van der Waals surface area contributed by atoms with Crippen molar-refractivity contribution in [1.29, 1.82) is 0 Å². The van der Waals surface area contributed by atoms with Gasteiger partial charge in [0.25, 0.3) is 11.5 Å². The van der Waals surface area contributed by atoms with Crippen LogP contribution in [0, 0.1) is 5.21 Å². The lowest BCUT2D eigenvalue weighted by molar-refractivity contribution is -0.641. The van der Waals surface area contributed by atoms with Crippen LogP contribution in [0.5, 0.6) is 5.75 Å². The summed E-state index contributed by atoms with van der Waals surface area (Å²) in [6, 6.07) is 3.20. The van der Waals surface area contributed by atoms with Crippen molar-refractivity contribution >= 4 is 32.9 Å². The first-order chi connectivity index (χ1) is 7.11. The van der Waals surface area contributed by atoms with Gasteiger partial charge in [0.15, 0.2) is 0 Å². The highest BCUT2D eigenvalue weighted by Gasteiger charge is 2.12. The predicted molar refractivity (Wildman–Crippen MR) is 57.2 cm³/mol. The third kappa shape index (κ3) is 1.65. The summed E-state index contributed by atoms with van der Waals surface area (Å²) in [6.45, 7) is 0. The Hall–Kier alpha value is -1.63. The quantitative estimate of drug-likeness (QED) is 0.606. The minimum absolute atomic E-state index is 0.0677. The van der Waals surface area contributed by atoms with Gasteiger partial charge in [-0.2, -0.15) is 0 Å². The van der Waals surface area contributed by atoms with Gasteiger partial charge in [0, 0.05) is 12.1 Å². The van der Waals surface area contributed by atoms with Gasteiger partial charge in [-0.1, -0.05) is 0 Å². The summed E-state index contributed by atoms with van der Waals surface area (Å²) in [6.07, 6.45) is 0. The summed E-state index contributed by atoms with van der Waals surface area (Å²) < 4.78 is 5.74. The first-order valence-corrected chi connectivity index (χ1v) is 4.81. The van der Waals surface area contributed by atoms with E-state index in [9.17, 15) is 5.21 Å². The number of anilines is 1. The fourth-order valence-electron chi connectivity index (χ4n) is 1.22. The molecule has 6 nitrogen and oxygen atoms in total. The standard InChI is InChI=1S/C8H7BrN4O2/c1-15-7-3-5-6(2-4(7)9)13(14)12-8(10)11-5/h2-3H,1H3,(H2,10,11,12). The fourth-order valence-corrected chi connectivity index (χ4v) is 1.72. The van der Waals surface area contributed by atoms with Crippen LogP contribution in [0.3, 0.4) is 0 Å². The lowest BCUT2D eigenvalue weighted by Gasteiger charge is -2.04. The number of benzene rings is 1. The van der Waals surface area contributed by atoms with E-state index in [-0.39, 0.29) is 5.95 Å². The number of fused-ring (bicyclic) bond motifs is 1. The molecule has 0 spiro atoms. The number of methoxy groups -OCH3 is 1. The van der Waals surface area contributed by atoms with Crippen molar-refractivity contribution in [3.8, 4) is 5.75 Å². The molecule has 0 radical (unpaired) electrons. The third-order valence-electron chi connectivity index (χ3n) is 1.88. The van der Waals surface area contributed by atoms with Crippen LogP contribution < -0.4 is 15.3 Å². The zero-order valence-corrected chi connectivity index (χ0v) is 9.35. The van der Waals surface area contributed by atoms with Crippen molar-refractivity contribution in [3.63, 3.8) is 0 Å². The molecule has 0 atom stereocenters. The molecule has 1 aromatic heterocycles. The lowest BCUT2D eigenvalue weighted by atomic mass is 10.3. The van der Waals surface area contributed by atoms with Crippen molar-refractivity contribution in [2.45, 2.75) is 0 Å². The smallest absolute Gasteiger partial charge is 0.288 e. The van der Waals surface area contributed by atoms with Gasteiger partial charge < -0.3 is 15.7 Å². The maximum absolute atomic E-state index is 11.4. The normalized spacial score (nSPS) is 10.5. The predicted octanol–water partition coefficient (Wildman–Crippen LogP) is 0.616. The number of nitrogen functional groups attached to an aromatic ring is 1. The zero-order chi connectivity index (χ0) is 11.0. The van der Waals surface area contributed by atoms with Gasteiger partial charge in [0.05, 0.1) is 16.7 Å². The van der Waals surface area contributed by atoms with E-state index in [1.807, 2.05) is 0 Å². The molecule has 0 unspecified atom stereocenters. The highest BCUT2D eigenvalue weighted by atomic mass is 79.9. The highest BCUT2D eigenvalue weighted by molar-refractivity contribution is 9.10. The van der Waals surface area contributed by atoms with Crippen LogP contribution in [-0.2, 0) is 0 Å². The summed E-state index contributed by atoms with van der Waals surface area (Å²) in [5.41, 5.74) is 6.13. The number of nitrogens with zero attached hydrogens (tertiary/aromatic N) is 3. The molecular formula is C8H7BrN4O2. The van der Waals surface area contributed by atoms with E-state index in [4.69, 9.17) is 10.5 Å². The Bertz CT molecular complexity index is 532. The molecule has 15 heavy (non-hydrogen) atoms. The zero-order valence-electron chi connectivity index (χ0n) is 7.77. The molecule has 2 N–H and O–H groups in total. The van der Waals surface area contributed by atoms with Crippen LogP contribution in [0.15, 0.2) is 16.6 Å². The van der Waals surface area contributed by atoms with Gasteiger partial charge in [0.2, 0.25) is 0 Å². The number of aromatic nitrogens is 3. The average molecular weight is 271 g/mol. The second-order valence-electron chi connectivity index (χ2n) is 2.82. The van der Waals surface area contributed by atoms with Gasteiger partial charge in [-0.3, -0.25) is 0 Å². The Morgan fingerprint density at radius 3 is 2.93 bits per heavy atom. The Labute approximate surface area is 93.4 Å². The van der Waals surface area contributed by atoms with E-state index in [2.05, 4.69) is 26.0 Å². The van der Waals surface area contributed by atoms with Crippen molar-refractivity contribution < 1.29 is 9.58 Å². The fraction of sp³-hybridized carbons (Fsp3) is 0.125. The molecule has 78 valence electrons. The van der Waals surface area contributed by atoms with Crippen LogP contribution in [0.2, 0.25) is 0 Å². The summed E-state index contributed by atoms with van der Waals surface area (Å²) >= 11 is 3.27. The molecule has 1 heterocycles. The molecule has 0 fully saturated rings. The van der Waals surface area contributed by atoms with Crippen LogP contribution >= 0.6 is 15.9 Å². The van der Waals surface area contributed by atoms with Crippen molar-refractivity contribution in [3.05, 3.63) is 21.8 Å². The van der Waals surface area contributed by atoms with Crippen LogP contribution in [-0.4, -0.2) is 17.2 Å². The molecule has 0 aliphatic carbocycles. The van der Waals surface area contributed by atoms with Gasteiger partial charge in [-0.25, -0.2) is 4.98 Å². The van der Waals surface area contributed by atoms with Gasteiger partial charge in [0.1, 0.15) is 11.3 Å². The van der Waals surface area contributed by atoms with E-state index >= 15 is 0 Å². The number of ether oxygens (including phenoxy) is 1. The first kappa shape index (κ1) is 9.91. The molecule has 0 amide bonds. The molecule has 0 bridgehead atoms. The summed E-state index contributed by atoms with van der Waals surface area (Å²) in [4.78, 5) is 4.36. The van der Waals surface area contributed by atoms with E-state index in [0.717, 1.165) is 0 Å². The number of nitrogens with two attached hydrogens (primary N) is 1. The number of halogens is 1. The second-order valence-corrected chi connectivity index (χ2v) is 3.67. The first-order valence-electron chi connectivity index (χ1n) is 4.02. The maximum Gasteiger partial charge on any atom is 0.288 e. The second kappa shape index (κ2) is 3.50. The molecule has 0 aliphatic rings. The topological polar surface area (TPSA) is 88.0 Å². The maximum atomic E-state index is 11.4. The molecule has 0 saturated heterocycles. The Morgan fingerprint density at radius 2 is 2.27 bits per heavy atom. The van der Waals surface area contributed by atoms with Crippen molar-refractivity contribution in [2.75, 3.05) is 12.8 Å². The van der Waals surface area contributed by atoms with Crippen LogP contribution in [0.4, 0.5) is 5.95 Å². The summed E-state index contributed by atoms with van der Waals surface area (Å²) in [5.74, 6) is 0.516. The Kier molecular flexibility index (Phi) is 2.31. The number of hydrogen-bond acceptors (Lipinski definition) is 5. The monoisotopic (exact) mass is 270 g/mol. The van der Waals surface area contributed by atoms with E-state index < -0.39 is 0 Å². The Morgan fingerprint density at radius 1 is 1.53 bits per heavy atom. The van der Waals surface area contributed by atoms with E-state index in [1.54, 1.807) is 12.1 Å². The molecule has 0 aliphatic heterocycles. The molecule has 1 aromatic carbocycles. The summed E-state index contributed by atoms with van der Waals surface area (Å²) in [7, 11) is 1.53. The minimum atomic E-state index is -0.0677. The van der Waals surface area contributed by atoms with Gasteiger partial charge >= 0.3 is 0 Å². The van der Waals surface area contributed by atoms with Crippen molar-refractivity contribution in [2.24, 2.45) is 0 Å². The molecule has 7 heteroatoms. The summed E-state index contributed by atoms with van der Waals surface area (Å²) in [5, 5.41) is 14.8. The highest BCUT2D eigenvalue weighted by Crippen LogP contribution is 2.27. The average Bonchev–Trinajstić information content (AvgIpc) is 2.18. The molecule has 2 aromatic rings. The number of hydrogen-bond donors (Lipinski definition) is 1. The SMILES string of the molecule is COc1cc2nc(N)n[n+]([O-])c2cc1Br. The molecule has 2 rings (SSSR count). The largest absolute Gasteiger partial charge is 0.594 e. The molecule has 0 saturated carbocycles. The van der Waals surface area contributed by atoms with Gasteiger partial charge in [-0.15, -0.1) is 0 Å². The van der Waals surface area contributed by atoms with Gasteiger partial charge in [-0.05, 0) is 20.8 Å². The minimum Gasteiger partial charge on any atom is -0.594 e.